The van der Waals surface area contributed by atoms with Crippen molar-refractivity contribution in [2.24, 2.45) is 17.0 Å². The summed E-state index contributed by atoms with van der Waals surface area (Å²) in [5, 5.41) is 7.87. The Hall–Kier alpha value is -1.40. The molecule has 1 aromatic carbocycles. The summed E-state index contributed by atoms with van der Waals surface area (Å²) in [6, 6.07) is 6.74. The van der Waals surface area contributed by atoms with Gasteiger partial charge in [0, 0.05) is 11.6 Å². The summed E-state index contributed by atoms with van der Waals surface area (Å²) in [6.07, 6.45) is 3.15. The van der Waals surface area contributed by atoms with Crippen molar-refractivity contribution in [3.05, 3.63) is 29.8 Å². The summed E-state index contributed by atoms with van der Waals surface area (Å²) in [5.41, 5.74) is 1.30. The average Bonchev–Trinajstić information content (AvgIpc) is 2.76. The van der Waals surface area contributed by atoms with Crippen molar-refractivity contribution in [2.45, 2.75) is 31.9 Å². The van der Waals surface area contributed by atoms with E-state index in [1.165, 1.54) is 0 Å². The summed E-state index contributed by atoms with van der Waals surface area (Å²) in [6.45, 7) is 2.10. The number of hydrogen-bond acceptors (Lipinski definition) is 3. The zero-order valence-electron chi connectivity index (χ0n) is 11.5. The molecule has 1 aliphatic carbocycles. The molecule has 1 amide bonds. The van der Waals surface area contributed by atoms with Crippen molar-refractivity contribution in [1.82, 2.24) is 0 Å². The number of carbonyl (C=O) groups is 1. The molecule has 3 N–H and O–H groups in total. The Balaban J connectivity index is 1.98. The number of nitrogens with two attached hydrogens (primary N) is 1. The van der Waals surface area contributed by atoms with Gasteiger partial charge in [-0.2, -0.15) is 0 Å². The molecule has 0 saturated heterocycles. The molecule has 0 spiro atoms. The van der Waals surface area contributed by atoms with Crippen LogP contribution in [0, 0.1) is 11.8 Å². The van der Waals surface area contributed by atoms with Crippen molar-refractivity contribution in [2.75, 3.05) is 5.32 Å². The molecule has 0 radical (unpaired) electrons. The van der Waals surface area contributed by atoms with Crippen molar-refractivity contribution in [1.29, 1.82) is 0 Å². The van der Waals surface area contributed by atoms with Crippen LogP contribution in [0.5, 0.6) is 0 Å². The minimum absolute atomic E-state index is 0.0502. The zero-order chi connectivity index (χ0) is 14.8. The number of anilines is 1. The van der Waals surface area contributed by atoms with Crippen LogP contribution in [-0.2, 0) is 20.6 Å². The van der Waals surface area contributed by atoms with Crippen LogP contribution in [0.4, 0.5) is 5.69 Å². The van der Waals surface area contributed by atoms with Crippen LogP contribution in [0.2, 0.25) is 0 Å². The molecule has 1 fully saturated rings. The Bertz CT molecular complexity index is 581. The van der Waals surface area contributed by atoms with E-state index < -0.39 is 10.0 Å². The molecule has 0 heterocycles. The van der Waals surface area contributed by atoms with Crippen LogP contribution >= 0.6 is 0 Å². The van der Waals surface area contributed by atoms with E-state index >= 15 is 0 Å². The summed E-state index contributed by atoms with van der Waals surface area (Å²) in [7, 11) is -3.52. The molecule has 0 bridgehead atoms. The van der Waals surface area contributed by atoms with Crippen LogP contribution in [0.25, 0.3) is 0 Å². The van der Waals surface area contributed by atoms with Gasteiger partial charge >= 0.3 is 0 Å². The zero-order valence-corrected chi connectivity index (χ0v) is 12.3. The van der Waals surface area contributed by atoms with Gasteiger partial charge in [-0.1, -0.05) is 25.5 Å². The molecule has 0 aliphatic heterocycles. The lowest BCUT2D eigenvalue weighted by Crippen LogP contribution is -2.24. The highest BCUT2D eigenvalue weighted by Gasteiger charge is 2.29. The monoisotopic (exact) mass is 296 g/mol. The second kappa shape index (κ2) is 5.93. The van der Waals surface area contributed by atoms with Gasteiger partial charge in [0.2, 0.25) is 15.9 Å². The number of sulfonamides is 1. The Morgan fingerprint density at radius 1 is 1.30 bits per heavy atom. The first-order chi connectivity index (χ1) is 9.35. The second-order valence-electron chi connectivity index (χ2n) is 5.51. The second-order valence-corrected chi connectivity index (χ2v) is 7.12. The van der Waals surface area contributed by atoms with E-state index in [9.17, 15) is 13.2 Å². The van der Waals surface area contributed by atoms with E-state index in [0.29, 0.717) is 17.2 Å². The van der Waals surface area contributed by atoms with Gasteiger partial charge in [-0.25, -0.2) is 13.6 Å². The number of rotatable bonds is 4. The molecule has 1 aromatic rings. The predicted molar refractivity (Wildman–Crippen MR) is 78.4 cm³/mol. The Morgan fingerprint density at radius 2 is 1.95 bits per heavy atom. The molecule has 6 heteroatoms. The SMILES string of the molecule is CC1CCCC1C(=O)Nc1ccc(CS(N)(=O)=O)cc1. The molecule has 2 unspecified atom stereocenters. The van der Waals surface area contributed by atoms with Gasteiger partial charge in [-0.3, -0.25) is 4.79 Å². The standard InChI is InChI=1S/C14H20N2O3S/c1-10-3-2-4-13(10)14(17)16-12-7-5-11(6-8-12)9-20(15,18)19/h5-8,10,13H,2-4,9H2,1H3,(H,16,17)(H2,15,18,19). The maximum Gasteiger partial charge on any atom is 0.227 e. The normalized spacial score (nSPS) is 22.7. The van der Waals surface area contributed by atoms with E-state index in [2.05, 4.69) is 12.2 Å². The molecule has 0 aromatic heterocycles. The first-order valence-electron chi connectivity index (χ1n) is 6.75. The third-order valence-electron chi connectivity index (χ3n) is 3.79. The Morgan fingerprint density at radius 3 is 2.45 bits per heavy atom. The molecule has 110 valence electrons. The lowest BCUT2D eigenvalue weighted by atomic mass is 9.97. The summed E-state index contributed by atoms with van der Waals surface area (Å²) >= 11 is 0. The number of amides is 1. The third kappa shape index (κ3) is 4.05. The summed E-state index contributed by atoms with van der Waals surface area (Å²) < 4.78 is 22.0. The highest BCUT2D eigenvalue weighted by molar-refractivity contribution is 7.88. The van der Waals surface area contributed by atoms with Gasteiger partial charge in [0.15, 0.2) is 0 Å². The lowest BCUT2D eigenvalue weighted by Gasteiger charge is -2.15. The van der Waals surface area contributed by atoms with E-state index in [-0.39, 0.29) is 17.6 Å². The molecule has 5 nitrogen and oxygen atoms in total. The third-order valence-corrected chi connectivity index (χ3v) is 4.52. The average molecular weight is 296 g/mol. The van der Waals surface area contributed by atoms with E-state index in [4.69, 9.17) is 5.14 Å². The first kappa shape index (κ1) is 15.0. The number of hydrogen-bond donors (Lipinski definition) is 2. The Labute approximate surface area is 119 Å². The largest absolute Gasteiger partial charge is 0.326 e. The summed E-state index contributed by atoms with van der Waals surface area (Å²) in [4.78, 5) is 12.1. The number of primary sulfonamides is 1. The molecule has 1 saturated carbocycles. The quantitative estimate of drug-likeness (QED) is 0.888. The fourth-order valence-electron chi connectivity index (χ4n) is 2.69. The fourth-order valence-corrected chi connectivity index (χ4v) is 3.34. The van der Waals surface area contributed by atoms with Crippen LogP contribution in [-0.4, -0.2) is 14.3 Å². The van der Waals surface area contributed by atoms with Crippen molar-refractivity contribution >= 4 is 21.6 Å². The van der Waals surface area contributed by atoms with Crippen LogP contribution in [0.3, 0.4) is 0 Å². The van der Waals surface area contributed by atoms with Crippen molar-refractivity contribution in [3.63, 3.8) is 0 Å². The Kier molecular flexibility index (Phi) is 4.45. The van der Waals surface area contributed by atoms with E-state index in [1.54, 1.807) is 24.3 Å². The predicted octanol–water partition coefficient (Wildman–Crippen LogP) is 1.85. The van der Waals surface area contributed by atoms with Crippen LogP contribution in [0.1, 0.15) is 31.7 Å². The molecule has 20 heavy (non-hydrogen) atoms. The lowest BCUT2D eigenvalue weighted by molar-refractivity contribution is -0.120. The first-order valence-corrected chi connectivity index (χ1v) is 8.47. The van der Waals surface area contributed by atoms with Gasteiger partial charge in [0.1, 0.15) is 0 Å². The molecule has 1 aliphatic rings. The minimum atomic E-state index is -3.52. The van der Waals surface area contributed by atoms with E-state index in [1.807, 2.05) is 0 Å². The maximum absolute atomic E-state index is 12.1. The summed E-state index contributed by atoms with van der Waals surface area (Å²) in [5.74, 6) is 0.367. The molecule has 2 atom stereocenters. The minimum Gasteiger partial charge on any atom is -0.326 e. The number of benzene rings is 1. The van der Waals surface area contributed by atoms with Gasteiger partial charge < -0.3 is 5.32 Å². The highest BCUT2D eigenvalue weighted by atomic mass is 32.2. The number of nitrogens with one attached hydrogen (secondary N) is 1. The smallest absolute Gasteiger partial charge is 0.227 e. The van der Waals surface area contributed by atoms with Crippen LogP contribution in [0.15, 0.2) is 24.3 Å². The molecular weight excluding hydrogens is 276 g/mol. The van der Waals surface area contributed by atoms with Gasteiger partial charge in [-0.15, -0.1) is 0 Å². The molecule has 2 rings (SSSR count). The van der Waals surface area contributed by atoms with Gasteiger partial charge in [0.25, 0.3) is 0 Å². The fraction of sp³-hybridized carbons (Fsp3) is 0.500. The van der Waals surface area contributed by atoms with Crippen molar-refractivity contribution in [3.8, 4) is 0 Å². The van der Waals surface area contributed by atoms with Crippen molar-refractivity contribution < 1.29 is 13.2 Å². The van der Waals surface area contributed by atoms with Gasteiger partial charge in [-0.05, 0) is 36.5 Å². The highest BCUT2D eigenvalue weighted by Crippen LogP contribution is 2.32. The van der Waals surface area contributed by atoms with Gasteiger partial charge in [0.05, 0.1) is 5.75 Å². The van der Waals surface area contributed by atoms with E-state index in [0.717, 1.165) is 19.3 Å². The van der Waals surface area contributed by atoms with Crippen LogP contribution < -0.4 is 10.5 Å². The molecular formula is C14H20N2O3S. The number of carbonyl (C=O) groups excluding carboxylic acids is 1. The topological polar surface area (TPSA) is 89.3 Å². The maximum atomic E-state index is 12.1.